The average molecular weight is 310 g/mol. The summed E-state index contributed by atoms with van der Waals surface area (Å²) < 4.78 is 0.762. The molecular formula is C9H10BrClN2O3. The van der Waals surface area contributed by atoms with E-state index in [1.54, 1.807) is 18.2 Å². The zero-order chi connectivity index (χ0) is 12.1. The van der Waals surface area contributed by atoms with E-state index in [0.29, 0.717) is 5.02 Å². The second-order valence-electron chi connectivity index (χ2n) is 3.08. The molecule has 1 atom stereocenters. The Morgan fingerprint density at radius 2 is 2.25 bits per heavy atom. The lowest BCUT2D eigenvalue weighted by atomic mass is 10.1. The summed E-state index contributed by atoms with van der Waals surface area (Å²) in [4.78, 5) is 10.4. The molecule has 0 aromatic heterocycles. The van der Waals surface area contributed by atoms with Gasteiger partial charge >= 0.3 is 6.09 Å². The van der Waals surface area contributed by atoms with Crippen molar-refractivity contribution in [2.24, 2.45) is 0 Å². The molecule has 0 aliphatic heterocycles. The van der Waals surface area contributed by atoms with Crippen LogP contribution in [-0.4, -0.2) is 22.6 Å². The minimum atomic E-state index is -1.21. The van der Waals surface area contributed by atoms with Crippen molar-refractivity contribution in [3.05, 3.63) is 33.3 Å². The normalized spacial score (nSPS) is 12.2. The SMILES string of the molecule is O=C(O)NC(Cc1ccc(Br)c(Cl)c1)NO. The maximum atomic E-state index is 10.4. The molecule has 0 fully saturated rings. The fourth-order valence-electron chi connectivity index (χ4n) is 1.18. The standard InChI is InChI=1S/C9H10BrClN2O3/c10-6-2-1-5(3-7(6)11)4-8(13-16)12-9(14)15/h1-3,8,12-13,16H,4H2,(H,14,15). The van der Waals surface area contributed by atoms with Crippen molar-refractivity contribution in [3.8, 4) is 0 Å². The highest BCUT2D eigenvalue weighted by molar-refractivity contribution is 9.10. The fraction of sp³-hybridized carbons (Fsp3) is 0.222. The Bertz CT molecular complexity index is 389. The summed E-state index contributed by atoms with van der Waals surface area (Å²) in [5.41, 5.74) is 2.67. The Kier molecular flexibility index (Phi) is 5.01. The summed E-state index contributed by atoms with van der Waals surface area (Å²) in [6.45, 7) is 0. The van der Waals surface area contributed by atoms with Crippen molar-refractivity contribution in [1.29, 1.82) is 0 Å². The van der Waals surface area contributed by atoms with Gasteiger partial charge in [-0.05, 0) is 33.6 Å². The molecule has 88 valence electrons. The van der Waals surface area contributed by atoms with Crippen molar-refractivity contribution >= 4 is 33.6 Å². The molecular weight excluding hydrogens is 299 g/mol. The molecule has 16 heavy (non-hydrogen) atoms. The van der Waals surface area contributed by atoms with E-state index in [0.717, 1.165) is 10.0 Å². The highest BCUT2D eigenvalue weighted by Crippen LogP contribution is 2.23. The van der Waals surface area contributed by atoms with Crippen LogP contribution in [0.4, 0.5) is 4.79 Å². The molecule has 0 heterocycles. The van der Waals surface area contributed by atoms with Gasteiger partial charge in [0.2, 0.25) is 0 Å². The molecule has 1 amide bonds. The smallest absolute Gasteiger partial charge is 0.405 e. The van der Waals surface area contributed by atoms with Crippen LogP contribution in [0.25, 0.3) is 0 Å². The van der Waals surface area contributed by atoms with Crippen LogP contribution in [0, 0.1) is 0 Å². The van der Waals surface area contributed by atoms with Gasteiger partial charge in [-0.3, -0.25) is 0 Å². The van der Waals surface area contributed by atoms with Crippen molar-refractivity contribution in [2.75, 3.05) is 0 Å². The predicted molar refractivity (Wildman–Crippen MR) is 62.7 cm³/mol. The van der Waals surface area contributed by atoms with E-state index in [1.165, 1.54) is 0 Å². The second-order valence-corrected chi connectivity index (χ2v) is 4.35. The topological polar surface area (TPSA) is 81.6 Å². The molecule has 1 aromatic rings. The van der Waals surface area contributed by atoms with E-state index >= 15 is 0 Å². The van der Waals surface area contributed by atoms with Gasteiger partial charge in [-0.25, -0.2) is 4.79 Å². The van der Waals surface area contributed by atoms with Gasteiger partial charge in [-0.1, -0.05) is 17.7 Å². The molecule has 1 unspecified atom stereocenters. The van der Waals surface area contributed by atoms with Crippen LogP contribution in [-0.2, 0) is 6.42 Å². The van der Waals surface area contributed by atoms with Crippen LogP contribution in [0.5, 0.6) is 0 Å². The molecule has 0 saturated carbocycles. The fourth-order valence-corrected chi connectivity index (χ4v) is 1.63. The number of hydrogen-bond donors (Lipinski definition) is 4. The Morgan fingerprint density at radius 3 is 2.75 bits per heavy atom. The van der Waals surface area contributed by atoms with Gasteiger partial charge in [0.1, 0.15) is 6.17 Å². The molecule has 4 N–H and O–H groups in total. The quantitative estimate of drug-likeness (QED) is 0.508. The van der Waals surface area contributed by atoms with E-state index in [9.17, 15) is 4.79 Å². The third kappa shape index (κ3) is 3.97. The summed E-state index contributed by atoms with van der Waals surface area (Å²) in [6.07, 6.45) is -1.69. The number of nitrogens with one attached hydrogen (secondary N) is 2. The number of halogens is 2. The Morgan fingerprint density at radius 1 is 1.56 bits per heavy atom. The van der Waals surface area contributed by atoms with E-state index in [4.69, 9.17) is 21.9 Å². The van der Waals surface area contributed by atoms with Gasteiger partial charge in [-0.2, -0.15) is 5.48 Å². The Labute approximate surface area is 106 Å². The molecule has 1 aromatic carbocycles. The molecule has 7 heteroatoms. The van der Waals surface area contributed by atoms with E-state index in [-0.39, 0.29) is 6.42 Å². The van der Waals surface area contributed by atoms with Crippen molar-refractivity contribution < 1.29 is 15.1 Å². The molecule has 5 nitrogen and oxygen atoms in total. The summed E-state index contributed by atoms with van der Waals surface area (Å²) in [5.74, 6) is 0. The molecule has 1 rings (SSSR count). The minimum absolute atomic E-state index is 0.287. The molecule has 0 radical (unpaired) electrons. The predicted octanol–water partition coefficient (Wildman–Crippen LogP) is 2.22. The Hall–Kier alpha value is -0.820. The number of carbonyl (C=O) groups is 1. The van der Waals surface area contributed by atoms with Crippen LogP contribution in [0.1, 0.15) is 5.56 Å². The number of rotatable bonds is 4. The van der Waals surface area contributed by atoms with E-state index < -0.39 is 12.3 Å². The summed E-state index contributed by atoms with van der Waals surface area (Å²) >= 11 is 9.13. The zero-order valence-corrected chi connectivity index (χ0v) is 10.4. The van der Waals surface area contributed by atoms with Gasteiger partial charge in [-0.15, -0.1) is 0 Å². The van der Waals surface area contributed by atoms with Crippen LogP contribution < -0.4 is 10.8 Å². The maximum absolute atomic E-state index is 10.4. The van der Waals surface area contributed by atoms with Crippen molar-refractivity contribution in [2.45, 2.75) is 12.6 Å². The van der Waals surface area contributed by atoms with Gasteiger partial charge in [0.25, 0.3) is 0 Å². The number of benzene rings is 1. The van der Waals surface area contributed by atoms with Gasteiger partial charge in [0.05, 0.1) is 5.02 Å². The monoisotopic (exact) mass is 308 g/mol. The molecule has 0 bridgehead atoms. The highest BCUT2D eigenvalue weighted by atomic mass is 79.9. The van der Waals surface area contributed by atoms with Crippen LogP contribution in [0.3, 0.4) is 0 Å². The van der Waals surface area contributed by atoms with Crippen molar-refractivity contribution in [1.82, 2.24) is 10.8 Å². The first-order chi connectivity index (χ1) is 7.52. The Balaban J connectivity index is 2.70. The average Bonchev–Trinajstić information content (AvgIpc) is 2.22. The third-order valence-corrected chi connectivity index (χ3v) is 3.11. The largest absolute Gasteiger partial charge is 0.465 e. The van der Waals surface area contributed by atoms with Crippen LogP contribution in [0.15, 0.2) is 22.7 Å². The maximum Gasteiger partial charge on any atom is 0.405 e. The van der Waals surface area contributed by atoms with E-state index in [1.807, 2.05) is 5.48 Å². The lowest BCUT2D eigenvalue weighted by molar-refractivity contribution is 0.105. The third-order valence-electron chi connectivity index (χ3n) is 1.88. The number of carboxylic acid groups (broad SMARTS) is 1. The summed E-state index contributed by atoms with van der Waals surface area (Å²) in [7, 11) is 0. The number of hydrogen-bond acceptors (Lipinski definition) is 3. The summed E-state index contributed by atoms with van der Waals surface area (Å²) in [6, 6.07) is 5.23. The molecule has 0 saturated heterocycles. The number of hydroxylamine groups is 1. The zero-order valence-electron chi connectivity index (χ0n) is 8.08. The van der Waals surface area contributed by atoms with Gasteiger partial charge in [0, 0.05) is 10.9 Å². The minimum Gasteiger partial charge on any atom is -0.465 e. The molecule has 0 aliphatic rings. The summed E-state index contributed by atoms with van der Waals surface area (Å²) in [5, 5.41) is 19.9. The van der Waals surface area contributed by atoms with E-state index in [2.05, 4.69) is 21.2 Å². The molecule has 0 aliphatic carbocycles. The molecule has 0 spiro atoms. The van der Waals surface area contributed by atoms with Crippen molar-refractivity contribution in [3.63, 3.8) is 0 Å². The highest BCUT2D eigenvalue weighted by Gasteiger charge is 2.11. The van der Waals surface area contributed by atoms with Crippen LogP contribution >= 0.6 is 27.5 Å². The lowest BCUT2D eigenvalue weighted by Gasteiger charge is -2.15. The van der Waals surface area contributed by atoms with Crippen LogP contribution in [0.2, 0.25) is 5.02 Å². The first kappa shape index (κ1) is 13.2. The van der Waals surface area contributed by atoms with Gasteiger partial charge in [0.15, 0.2) is 0 Å². The first-order valence-corrected chi connectivity index (χ1v) is 5.53. The van der Waals surface area contributed by atoms with Gasteiger partial charge < -0.3 is 15.6 Å². The lowest BCUT2D eigenvalue weighted by Crippen LogP contribution is -2.44. The first-order valence-electron chi connectivity index (χ1n) is 4.36. The number of amides is 1. The second kappa shape index (κ2) is 6.05.